The average molecular weight is 602 g/mol. The summed E-state index contributed by atoms with van der Waals surface area (Å²) in [4.78, 5) is 17.5. The van der Waals surface area contributed by atoms with E-state index in [1.807, 2.05) is 48.5 Å². The number of aromatic nitrogens is 1. The van der Waals surface area contributed by atoms with Crippen LogP contribution in [0.3, 0.4) is 0 Å². The zero-order chi connectivity index (χ0) is 27.5. The highest BCUT2D eigenvalue weighted by Gasteiger charge is 2.11. The number of carbonyl (C=O) groups is 1. The van der Waals surface area contributed by atoms with E-state index in [0.29, 0.717) is 28.0 Å². The molecule has 0 saturated carbocycles. The SMILES string of the molecule is CCCCCCCCCCOc1ccc(C(=O)Nc2ccc3nc(SCc4c(Cl)cccc4Cl)sc3c2)cc1. The lowest BCUT2D eigenvalue weighted by Crippen LogP contribution is -2.11. The zero-order valence-corrected chi connectivity index (χ0v) is 25.3. The Morgan fingerprint density at radius 1 is 0.923 bits per heavy atom. The van der Waals surface area contributed by atoms with Gasteiger partial charge in [0.2, 0.25) is 0 Å². The number of benzene rings is 3. The lowest BCUT2D eigenvalue weighted by molar-refractivity contribution is 0.102. The maximum absolute atomic E-state index is 12.8. The normalized spacial score (nSPS) is 11.2. The van der Waals surface area contributed by atoms with Crippen molar-refractivity contribution in [3.63, 3.8) is 0 Å². The summed E-state index contributed by atoms with van der Waals surface area (Å²) in [5.74, 6) is 1.28. The molecule has 1 aromatic heterocycles. The molecule has 1 heterocycles. The lowest BCUT2D eigenvalue weighted by atomic mass is 10.1. The van der Waals surface area contributed by atoms with Crippen LogP contribution < -0.4 is 10.1 Å². The highest BCUT2D eigenvalue weighted by Crippen LogP contribution is 2.36. The molecule has 0 aliphatic carbocycles. The summed E-state index contributed by atoms with van der Waals surface area (Å²) >= 11 is 15.8. The van der Waals surface area contributed by atoms with E-state index in [1.54, 1.807) is 35.2 Å². The molecule has 0 spiro atoms. The van der Waals surface area contributed by atoms with Crippen LogP contribution in [0.15, 0.2) is 65.0 Å². The van der Waals surface area contributed by atoms with E-state index >= 15 is 0 Å². The van der Waals surface area contributed by atoms with Gasteiger partial charge in [-0.15, -0.1) is 11.3 Å². The molecule has 4 rings (SSSR count). The van der Waals surface area contributed by atoms with Gasteiger partial charge < -0.3 is 10.1 Å². The van der Waals surface area contributed by atoms with E-state index < -0.39 is 0 Å². The summed E-state index contributed by atoms with van der Waals surface area (Å²) in [5.41, 5.74) is 3.12. The Kier molecular flexibility index (Phi) is 11.8. The first-order valence-electron chi connectivity index (χ1n) is 13.5. The highest BCUT2D eigenvalue weighted by atomic mass is 35.5. The number of anilines is 1. The van der Waals surface area contributed by atoms with Crippen LogP contribution in [-0.4, -0.2) is 17.5 Å². The predicted molar refractivity (Wildman–Crippen MR) is 168 cm³/mol. The van der Waals surface area contributed by atoms with Crippen LogP contribution in [0.5, 0.6) is 5.75 Å². The number of fused-ring (bicyclic) bond motifs is 1. The maximum atomic E-state index is 12.8. The fraction of sp³-hybridized carbons (Fsp3) is 0.355. The maximum Gasteiger partial charge on any atom is 0.255 e. The Labute approximate surface area is 249 Å². The minimum absolute atomic E-state index is 0.156. The smallest absolute Gasteiger partial charge is 0.255 e. The standard InChI is InChI=1S/C31H34Cl2N2O2S2/c1-2-3-4-5-6-7-8-9-19-37-24-16-13-22(14-17-24)30(36)34-23-15-18-28-29(20-23)39-31(35-28)38-21-25-26(32)11-10-12-27(25)33/h10-18,20H,2-9,19,21H2,1H3,(H,34,36). The van der Waals surface area contributed by atoms with Gasteiger partial charge in [0.25, 0.3) is 5.91 Å². The van der Waals surface area contributed by atoms with E-state index in [4.69, 9.17) is 32.9 Å². The highest BCUT2D eigenvalue weighted by molar-refractivity contribution is 8.00. The van der Waals surface area contributed by atoms with Crippen LogP contribution in [0.25, 0.3) is 10.2 Å². The van der Waals surface area contributed by atoms with Gasteiger partial charge in [-0.05, 0) is 66.6 Å². The number of rotatable bonds is 15. The molecule has 0 radical (unpaired) electrons. The molecule has 0 saturated heterocycles. The molecule has 0 unspecified atom stereocenters. The topological polar surface area (TPSA) is 51.2 Å². The van der Waals surface area contributed by atoms with Crippen molar-refractivity contribution in [1.29, 1.82) is 0 Å². The predicted octanol–water partition coefficient (Wildman–Crippen LogP) is 10.7. The summed E-state index contributed by atoms with van der Waals surface area (Å²) in [7, 11) is 0. The number of thiazole rings is 1. The molecule has 4 nitrogen and oxygen atoms in total. The van der Waals surface area contributed by atoms with Crippen molar-refractivity contribution in [2.45, 2.75) is 68.4 Å². The van der Waals surface area contributed by atoms with Gasteiger partial charge in [0.05, 0.1) is 16.8 Å². The second-order valence-electron chi connectivity index (χ2n) is 9.45. The van der Waals surface area contributed by atoms with Gasteiger partial charge in [0, 0.05) is 27.0 Å². The van der Waals surface area contributed by atoms with E-state index in [1.165, 1.54) is 44.9 Å². The number of nitrogens with zero attached hydrogens (tertiary/aromatic N) is 1. The van der Waals surface area contributed by atoms with E-state index in [9.17, 15) is 4.79 Å². The van der Waals surface area contributed by atoms with E-state index in [2.05, 4.69) is 12.2 Å². The Hall–Kier alpha value is -2.25. The molecule has 1 amide bonds. The number of carbonyl (C=O) groups excluding carboxylic acids is 1. The molecule has 3 aromatic carbocycles. The second kappa shape index (κ2) is 15.5. The lowest BCUT2D eigenvalue weighted by Gasteiger charge is -2.08. The molecular formula is C31H34Cl2N2O2S2. The third-order valence-corrected chi connectivity index (χ3v) is 9.31. The van der Waals surface area contributed by atoms with Gasteiger partial charge in [-0.1, -0.05) is 92.9 Å². The fourth-order valence-corrected chi connectivity index (χ4v) is 7.03. The molecule has 8 heteroatoms. The van der Waals surface area contributed by atoms with Gasteiger partial charge in [0.15, 0.2) is 4.34 Å². The molecule has 0 fully saturated rings. The average Bonchev–Trinajstić information content (AvgIpc) is 3.34. The van der Waals surface area contributed by atoms with Gasteiger partial charge in [-0.2, -0.15) is 0 Å². The summed E-state index contributed by atoms with van der Waals surface area (Å²) in [6, 6.07) is 18.6. The number of halogens is 2. The Morgan fingerprint density at radius 3 is 2.33 bits per heavy atom. The number of thioether (sulfide) groups is 1. The fourth-order valence-electron chi connectivity index (χ4n) is 4.18. The minimum Gasteiger partial charge on any atom is -0.494 e. The summed E-state index contributed by atoms with van der Waals surface area (Å²) < 4.78 is 7.79. The zero-order valence-electron chi connectivity index (χ0n) is 22.2. The Morgan fingerprint density at radius 2 is 1.62 bits per heavy atom. The van der Waals surface area contributed by atoms with Crippen molar-refractivity contribution in [2.75, 3.05) is 11.9 Å². The van der Waals surface area contributed by atoms with Crippen LogP contribution in [0.1, 0.15) is 74.2 Å². The largest absolute Gasteiger partial charge is 0.494 e. The van der Waals surface area contributed by atoms with Gasteiger partial charge in [-0.3, -0.25) is 4.79 Å². The van der Waals surface area contributed by atoms with Crippen molar-refractivity contribution in [3.05, 3.63) is 81.8 Å². The van der Waals surface area contributed by atoms with Crippen molar-refractivity contribution in [1.82, 2.24) is 4.98 Å². The molecule has 206 valence electrons. The summed E-state index contributed by atoms with van der Waals surface area (Å²) in [6.07, 6.45) is 10.2. The van der Waals surface area contributed by atoms with Crippen molar-refractivity contribution in [2.24, 2.45) is 0 Å². The van der Waals surface area contributed by atoms with Crippen molar-refractivity contribution in [3.8, 4) is 5.75 Å². The quantitative estimate of drug-likeness (QED) is 0.109. The molecular weight excluding hydrogens is 567 g/mol. The van der Waals surface area contributed by atoms with E-state index in [-0.39, 0.29) is 5.91 Å². The summed E-state index contributed by atoms with van der Waals surface area (Å²) in [6.45, 7) is 2.96. The third kappa shape index (κ3) is 9.14. The van der Waals surface area contributed by atoms with E-state index in [0.717, 1.165) is 38.0 Å². The Bertz CT molecular complexity index is 1340. The van der Waals surface area contributed by atoms with Gasteiger partial charge in [0.1, 0.15) is 5.75 Å². The van der Waals surface area contributed by atoms with Crippen LogP contribution in [0.4, 0.5) is 5.69 Å². The Balaban J connectivity index is 1.24. The van der Waals surface area contributed by atoms with Crippen molar-refractivity contribution >= 4 is 68.1 Å². The van der Waals surface area contributed by atoms with Crippen LogP contribution >= 0.6 is 46.3 Å². The third-order valence-electron chi connectivity index (χ3n) is 6.41. The molecule has 0 aliphatic heterocycles. The first kappa shape index (κ1) is 29.7. The molecule has 1 N–H and O–H groups in total. The van der Waals surface area contributed by atoms with Gasteiger partial charge >= 0.3 is 0 Å². The van der Waals surface area contributed by atoms with Crippen LogP contribution in [-0.2, 0) is 5.75 Å². The first-order chi connectivity index (χ1) is 19.0. The molecule has 4 aromatic rings. The summed E-state index contributed by atoms with van der Waals surface area (Å²) in [5, 5.41) is 4.31. The molecule has 0 aliphatic rings. The number of unbranched alkanes of at least 4 members (excludes halogenated alkanes) is 7. The van der Waals surface area contributed by atoms with Crippen LogP contribution in [0, 0.1) is 0 Å². The number of nitrogens with one attached hydrogen (secondary N) is 1. The van der Waals surface area contributed by atoms with Gasteiger partial charge in [-0.25, -0.2) is 4.98 Å². The molecule has 0 bridgehead atoms. The number of hydrogen-bond donors (Lipinski definition) is 1. The van der Waals surface area contributed by atoms with Crippen molar-refractivity contribution < 1.29 is 9.53 Å². The number of ether oxygens (including phenoxy) is 1. The number of amides is 1. The second-order valence-corrected chi connectivity index (χ2v) is 12.5. The molecule has 0 atom stereocenters. The minimum atomic E-state index is -0.156. The first-order valence-corrected chi connectivity index (χ1v) is 16.1. The number of hydrogen-bond acceptors (Lipinski definition) is 5. The monoisotopic (exact) mass is 600 g/mol. The molecule has 39 heavy (non-hydrogen) atoms. The van der Waals surface area contributed by atoms with Crippen LogP contribution in [0.2, 0.25) is 10.0 Å².